The van der Waals surface area contributed by atoms with Crippen LogP contribution in [-0.2, 0) is 20.8 Å². The molecule has 184 valence electrons. The van der Waals surface area contributed by atoms with Gasteiger partial charge in [-0.25, -0.2) is 0 Å². The molecular weight excluding hydrogens is 472 g/mol. The number of hydrogen-bond acceptors (Lipinski definition) is 8. The number of amides is 1. The van der Waals surface area contributed by atoms with Crippen LogP contribution >= 0.6 is 11.3 Å². The molecule has 0 saturated heterocycles. The molecule has 0 aliphatic heterocycles. The Bertz CT molecular complexity index is 1200. The molecule has 0 aliphatic carbocycles. The first-order chi connectivity index (χ1) is 16.4. The lowest BCUT2D eigenvalue weighted by molar-refractivity contribution is -0.115. The van der Waals surface area contributed by atoms with Crippen LogP contribution in [0.15, 0.2) is 23.0 Å². The molecule has 0 bridgehead atoms. The number of nitriles is 1. The van der Waals surface area contributed by atoms with Crippen LogP contribution in [0.1, 0.15) is 12.0 Å². The molecule has 1 heterocycles. The Morgan fingerprint density at radius 3 is 2.59 bits per heavy atom. The van der Waals surface area contributed by atoms with Gasteiger partial charge in [-0.15, -0.1) is 11.3 Å². The molecule has 1 aromatic heterocycles. The SMILES string of the molecule is COCCCn1c(=C(C#N)C(=O)NCCOC)s/c(=C/c2ccc(OC(F)F)c(OC)c2)c1=O. The predicted octanol–water partition coefficient (Wildman–Crippen LogP) is 0.822. The normalized spacial score (nSPS) is 12.4. The monoisotopic (exact) mass is 497 g/mol. The molecule has 1 amide bonds. The van der Waals surface area contributed by atoms with E-state index in [2.05, 4.69) is 10.1 Å². The summed E-state index contributed by atoms with van der Waals surface area (Å²) in [6.45, 7) is -1.94. The number of nitrogens with zero attached hydrogens (tertiary/aromatic N) is 2. The largest absolute Gasteiger partial charge is 0.493 e. The van der Waals surface area contributed by atoms with E-state index >= 15 is 0 Å². The minimum Gasteiger partial charge on any atom is -0.493 e. The predicted molar refractivity (Wildman–Crippen MR) is 121 cm³/mol. The fourth-order valence-electron chi connectivity index (χ4n) is 2.94. The molecule has 0 radical (unpaired) electrons. The van der Waals surface area contributed by atoms with Crippen molar-refractivity contribution in [2.45, 2.75) is 19.6 Å². The summed E-state index contributed by atoms with van der Waals surface area (Å²) in [4.78, 5) is 25.7. The van der Waals surface area contributed by atoms with Crippen molar-refractivity contribution in [2.24, 2.45) is 0 Å². The van der Waals surface area contributed by atoms with E-state index in [0.29, 0.717) is 18.6 Å². The summed E-state index contributed by atoms with van der Waals surface area (Å²) >= 11 is 0.978. The van der Waals surface area contributed by atoms with Crippen LogP contribution in [0, 0.1) is 11.3 Å². The zero-order valence-electron chi connectivity index (χ0n) is 18.9. The zero-order valence-corrected chi connectivity index (χ0v) is 19.7. The summed E-state index contributed by atoms with van der Waals surface area (Å²) < 4.78 is 46.4. The van der Waals surface area contributed by atoms with Crippen LogP contribution in [0.4, 0.5) is 8.78 Å². The van der Waals surface area contributed by atoms with Crippen LogP contribution in [-0.4, -0.2) is 58.2 Å². The fourth-order valence-corrected chi connectivity index (χ4v) is 4.07. The molecule has 1 aromatic carbocycles. The number of nitrogens with one attached hydrogen (secondary N) is 1. The average molecular weight is 498 g/mol. The van der Waals surface area contributed by atoms with Crippen molar-refractivity contribution >= 4 is 28.9 Å². The summed E-state index contributed by atoms with van der Waals surface area (Å²) in [5, 5.41) is 12.2. The number of carbonyl (C=O) groups excluding carboxylic acids is 1. The van der Waals surface area contributed by atoms with Gasteiger partial charge < -0.3 is 24.3 Å². The van der Waals surface area contributed by atoms with Gasteiger partial charge in [0.2, 0.25) is 0 Å². The lowest BCUT2D eigenvalue weighted by Gasteiger charge is -2.09. The molecule has 2 rings (SSSR count). The first-order valence-corrected chi connectivity index (χ1v) is 10.9. The number of rotatable bonds is 12. The van der Waals surface area contributed by atoms with Crippen molar-refractivity contribution in [3.05, 3.63) is 43.3 Å². The maximum atomic E-state index is 13.1. The molecule has 0 atom stereocenters. The van der Waals surface area contributed by atoms with Gasteiger partial charge in [0.25, 0.3) is 11.5 Å². The zero-order chi connectivity index (χ0) is 25.1. The first kappa shape index (κ1) is 27.0. The Kier molecular flexibility index (Phi) is 10.7. The van der Waals surface area contributed by atoms with Crippen LogP contribution in [0.3, 0.4) is 0 Å². The molecule has 0 unspecified atom stereocenters. The van der Waals surface area contributed by atoms with Crippen molar-refractivity contribution in [1.29, 1.82) is 5.26 Å². The molecule has 34 heavy (non-hydrogen) atoms. The molecule has 0 fully saturated rings. The molecule has 12 heteroatoms. The number of hydrogen-bond donors (Lipinski definition) is 1. The lowest BCUT2D eigenvalue weighted by Crippen LogP contribution is -2.35. The molecular formula is C22H25F2N3O6S. The third-order valence-corrected chi connectivity index (χ3v) is 5.61. The Morgan fingerprint density at radius 1 is 1.24 bits per heavy atom. The summed E-state index contributed by atoms with van der Waals surface area (Å²) in [6, 6.07) is 6.12. The van der Waals surface area contributed by atoms with E-state index in [9.17, 15) is 23.6 Å². The van der Waals surface area contributed by atoms with Gasteiger partial charge in [-0.3, -0.25) is 14.2 Å². The fraction of sp³-hybridized carbons (Fsp3) is 0.409. The quantitative estimate of drug-likeness (QED) is 0.432. The van der Waals surface area contributed by atoms with Gasteiger partial charge in [-0.1, -0.05) is 6.07 Å². The van der Waals surface area contributed by atoms with Crippen LogP contribution in [0.25, 0.3) is 11.6 Å². The number of benzene rings is 1. The highest BCUT2D eigenvalue weighted by molar-refractivity contribution is 7.07. The molecule has 0 spiro atoms. The highest BCUT2D eigenvalue weighted by Gasteiger charge is 2.16. The third kappa shape index (κ3) is 7.11. The summed E-state index contributed by atoms with van der Waals surface area (Å²) in [6.07, 6.45) is 2.01. The average Bonchev–Trinajstić information content (AvgIpc) is 3.10. The smallest absolute Gasteiger partial charge is 0.387 e. The number of thiazole rings is 1. The minimum atomic E-state index is -3.02. The molecule has 9 nitrogen and oxygen atoms in total. The highest BCUT2D eigenvalue weighted by atomic mass is 32.1. The third-order valence-electron chi connectivity index (χ3n) is 4.48. The van der Waals surface area contributed by atoms with Gasteiger partial charge in [-0.05, 0) is 30.2 Å². The van der Waals surface area contributed by atoms with E-state index in [0.717, 1.165) is 11.3 Å². The second-order valence-corrected chi connectivity index (χ2v) is 7.77. The van der Waals surface area contributed by atoms with Crippen LogP contribution in [0.5, 0.6) is 11.5 Å². The van der Waals surface area contributed by atoms with Gasteiger partial charge in [0.05, 0.1) is 18.2 Å². The standard InChI is InChI=1S/C22H25F2N3O6S/c1-30-9-4-8-27-20(29)18(34-21(27)15(13-25)19(28)26-7-10-31-2)12-14-5-6-16(33-22(23)24)17(11-14)32-3/h5-6,11-12,22H,4,7-10H2,1-3H3,(H,26,28)/b18-12+,21-15?. The van der Waals surface area contributed by atoms with Crippen LogP contribution < -0.4 is 29.5 Å². The van der Waals surface area contributed by atoms with Crippen molar-refractivity contribution in [1.82, 2.24) is 9.88 Å². The molecule has 2 aromatic rings. The second-order valence-electron chi connectivity index (χ2n) is 6.74. The molecule has 1 N–H and O–H groups in total. The van der Waals surface area contributed by atoms with E-state index in [1.165, 1.54) is 50.2 Å². The van der Waals surface area contributed by atoms with Crippen molar-refractivity contribution in [2.75, 3.05) is 41.1 Å². The molecule has 0 saturated carbocycles. The van der Waals surface area contributed by atoms with Gasteiger partial charge in [0, 0.05) is 33.9 Å². The number of ether oxygens (including phenoxy) is 4. The maximum Gasteiger partial charge on any atom is 0.387 e. The van der Waals surface area contributed by atoms with E-state index in [1.807, 2.05) is 6.07 Å². The maximum absolute atomic E-state index is 13.1. The Morgan fingerprint density at radius 2 is 1.97 bits per heavy atom. The Hall–Kier alpha value is -3.27. The summed E-state index contributed by atoms with van der Waals surface area (Å²) in [7, 11) is 4.32. The second kappa shape index (κ2) is 13.4. The lowest BCUT2D eigenvalue weighted by atomic mass is 10.2. The topological polar surface area (TPSA) is 112 Å². The first-order valence-electron chi connectivity index (χ1n) is 10.1. The van der Waals surface area contributed by atoms with Crippen molar-refractivity contribution in [3.63, 3.8) is 0 Å². The van der Waals surface area contributed by atoms with Crippen molar-refractivity contribution in [3.8, 4) is 17.6 Å². The number of methoxy groups -OCH3 is 3. The van der Waals surface area contributed by atoms with Crippen molar-refractivity contribution < 1.29 is 32.5 Å². The Labute approximate surface area is 198 Å². The van der Waals surface area contributed by atoms with Gasteiger partial charge in [0.1, 0.15) is 10.7 Å². The van der Waals surface area contributed by atoms with Gasteiger partial charge in [0.15, 0.2) is 17.1 Å². The molecule has 0 aliphatic rings. The van der Waals surface area contributed by atoms with Gasteiger partial charge >= 0.3 is 6.61 Å². The number of alkyl halides is 2. The van der Waals surface area contributed by atoms with E-state index in [4.69, 9.17) is 14.2 Å². The van der Waals surface area contributed by atoms with E-state index in [1.54, 1.807) is 0 Å². The Balaban J connectivity index is 2.62. The van der Waals surface area contributed by atoms with E-state index < -0.39 is 18.1 Å². The number of carbonyl (C=O) groups is 1. The van der Waals surface area contributed by atoms with Crippen LogP contribution in [0.2, 0.25) is 0 Å². The van der Waals surface area contributed by atoms with E-state index in [-0.39, 0.29) is 46.0 Å². The number of halogens is 2. The minimum absolute atomic E-state index is 0.0630. The summed E-state index contributed by atoms with van der Waals surface area (Å²) in [5.41, 5.74) is -0.121. The van der Waals surface area contributed by atoms with Gasteiger partial charge in [-0.2, -0.15) is 14.0 Å². The summed E-state index contributed by atoms with van der Waals surface area (Å²) in [5.74, 6) is -0.706. The number of aromatic nitrogens is 1. The highest BCUT2D eigenvalue weighted by Crippen LogP contribution is 2.29.